The number of hydrogen-bond donors (Lipinski definition) is 2. The van der Waals surface area contributed by atoms with Crippen LogP contribution in [0.4, 0.5) is 0 Å². The van der Waals surface area contributed by atoms with Crippen molar-refractivity contribution in [1.29, 1.82) is 0 Å². The topological polar surface area (TPSA) is 125 Å². The molecule has 2 amide bonds. The molecule has 1 aromatic heterocycles. The normalized spacial score (nSPS) is 10.3. The predicted octanol–water partition coefficient (Wildman–Crippen LogP) is 1.99. The Morgan fingerprint density at radius 1 is 0.969 bits per heavy atom. The molecule has 0 saturated heterocycles. The fraction of sp³-hybridized carbons (Fsp3) is 0.273. The number of hydrogen-bond acceptors (Lipinski definition) is 8. The molecular weight excluding hydrogens is 416 g/mol. The second-order valence-corrected chi connectivity index (χ2v) is 6.65. The summed E-state index contributed by atoms with van der Waals surface area (Å²) in [4.78, 5) is 28.2. The third-order valence-electron chi connectivity index (χ3n) is 4.45. The van der Waals surface area contributed by atoms with Gasteiger partial charge in [0.1, 0.15) is 5.75 Å². The zero-order chi connectivity index (χ0) is 22.9. The number of methoxy groups -OCH3 is 2. The third-order valence-corrected chi connectivity index (χ3v) is 4.45. The number of aryl methyl sites for hydroxylation is 1. The minimum atomic E-state index is -0.547. The third kappa shape index (κ3) is 5.75. The van der Waals surface area contributed by atoms with Crippen molar-refractivity contribution in [3.8, 4) is 28.6 Å². The van der Waals surface area contributed by atoms with Crippen molar-refractivity contribution in [2.45, 2.75) is 6.92 Å². The molecular formula is C22H24N4O6. The second-order valence-electron chi connectivity index (χ2n) is 6.65. The highest BCUT2D eigenvalue weighted by Crippen LogP contribution is 2.31. The lowest BCUT2D eigenvalue weighted by molar-refractivity contribution is -0.123. The SMILES string of the molecule is COc1ccc(-c2noc(C(=O)NCCNC(=O)COc3ccccc3C)n2)cc1OC. The summed E-state index contributed by atoms with van der Waals surface area (Å²) >= 11 is 0. The van der Waals surface area contributed by atoms with E-state index in [1.807, 2.05) is 25.1 Å². The summed E-state index contributed by atoms with van der Waals surface area (Å²) in [5.41, 5.74) is 1.55. The van der Waals surface area contributed by atoms with Crippen LogP contribution in [-0.2, 0) is 4.79 Å². The Kier molecular flexibility index (Phi) is 7.63. The van der Waals surface area contributed by atoms with Crippen LogP contribution in [-0.4, -0.2) is 55.9 Å². The average molecular weight is 440 g/mol. The molecule has 0 fully saturated rings. The van der Waals surface area contributed by atoms with Crippen LogP contribution in [0.25, 0.3) is 11.4 Å². The number of rotatable bonds is 10. The molecule has 0 aliphatic rings. The number of para-hydroxylation sites is 1. The van der Waals surface area contributed by atoms with Crippen LogP contribution in [0, 0.1) is 6.92 Å². The lowest BCUT2D eigenvalue weighted by Gasteiger charge is -2.09. The quantitative estimate of drug-likeness (QED) is 0.459. The van der Waals surface area contributed by atoms with Crippen LogP contribution in [0.3, 0.4) is 0 Å². The van der Waals surface area contributed by atoms with Crippen molar-refractivity contribution in [3.05, 3.63) is 53.9 Å². The summed E-state index contributed by atoms with van der Waals surface area (Å²) in [6.45, 7) is 2.19. The summed E-state index contributed by atoms with van der Waals surface area (Å²) in [6.07, 6.45) is 0. The van der Waals surface area contributed by atoms with Crippen LogP contribution in [0.5, 0.6) is 17.2 Å². The molecule has 3 rings (SSSR count). The van der Waals surface area contributed by atoms with Gasteiger partial charge in [-0.15, -0.1) is 0 Å². The van der Waals surface area contributed by atoms with Crippen LogP contribution in [0.1, 0.15) is 16.2 Å². The Balaban J connectivity index is 1.44. The first-order valence-electron chi connectivity index (χ1n) is 9.81. The van der Waals surface area contributed by atoms with E-state index in [0.717, 1.165) is 5.56 Å². The van der Waals surface area contributed by atoms with Crippen LogP contribution < -0.4 is 24.8 Å². The molecule has 0 saturated carbocycles. The van der Waals surface area contributed by atoms with E-state index in [9.17, 15) is 9.59 Å². The number of aromatic nitrogens is 2. The van der Waals surface area contributed by atoms with Gasteiger partial charge in [-0.05, 0) is 36.8 Å². The van der Waals surface area contributed by atoms with Gasteiger partial charge in [0.05, 0.1) is 14.2 Å². The van der Waals surface area contributed by atoms with Crippen LogP contribution >= 0.6 is 0 Å². The predicted molar refractivity (Wildman–Crippen MR) is 115 cm³/mol. The van der Waals surface area contributed by atoms with Gasteiger partial charge in [-0.25, -0.2) is 0 Å². The standard InChI is InChI=1S/C22H24N4O6/c1-14-6-4-5-7-16(14)31-13-19(27)23-10-11-24-21(28)22-25-20(26-32-22)15-8-9-17(29-2)18(12-15)30-3/h4-9,12H,10-11,13H2,1-3H3,(H,23,27)(H,24,28). The Labute approximate surface area is 184 Å². The Hall–Kier alpha value is -4.08. The summed E-state index contributed by atoms with van der Waals surface area (Å²) < 4.78 is 21.0. The van der Waals surface area contributed by atoms with E-state index >= 15 is 0 Å². The maximum Gasteiger partial charge on any atom is 0.316 e. The van der Waals surface area contributed by atoms with E-state index in [4.69, 9.17) is 18.7 Å². The van der Waals surface area contributed by atoms with E-state index in [1.165, 1.54) is 14.2 Å². The van der Waals surface area contributed by atoms with Gasteiger partial charge in [-0.3, -0.25) is 9.59 Å². The smallest absolute Gasteiger partial charge is 0.316 e. The van der Waals surface area contributed by atoms with E-state index < -0.39 is 5.91 Å². The largest absolute Gasteiger partial charge is 0.493 e. The van der Waals surface area contributed by atoms with Crippen molar-refractivity contribution < 1.29 is 28.3 Å². The Morgan fingerprint density at radius 2 is 1.72 bits per heavy atom. The van der Waals surface area contributed by atoms with Crippen LogP contribution in [0.15, 0.2) is 47.0 Å². The summed E-state index contributed by atoms with van der Waals surface area (Å²) in [6, 6.07) is 12.5. The van der Waals surface area contributed by atoms with Crippen molar-refractivity contribution in [3.63, 3.8) is 0 Å². The maximum absolute atomic E-state index is 12.2. The number of carbonyl (C=O) groups excluding carboxylic acids is 2. The summed E-state index contributed by atoms with van der Waals surface area (Å²) in [7, 11) is 3.05. The van der Waals surface area contributed by atoms with Crippen molar-refractivity contribution in [2.75, 3.05) is 33.9 Å². The number of amides is 2. The van der Waals surface area contributed by atoms with Gasteiger partial charge < -0.3 is 29.4 Å². The first-order valence-corrected chi connectivity index (χ1v) is 9.81. The van der Waals surface area contributed by atoms with Crippen molar-refractivity contribution in [1.82, 2.24) is 20.8 Å². The zero-order valence-electron chi connectivity index (χ0n) is 18.0. The molecule has 0 spiro atoms. The van der Waals surface area contributed by atoms with E-state index in [2.05, 4.69) is 20.8 Å². The van der Waals surface area contributed by atoms with E-state index in [-0.39, 0.29) is 37.3 Å². The number of carbonyl (C=O) groups is 2. The molecule has 10 heteroatoms. The lowest BCUT2D eigenvalue weighted by atomic mass is 10.2. The zero-order valence-corrected chi connectivity index (χ0v) is 18.0. The number of nitrogens with zero attached hydrogens (tertiary/aromatic N) is 2. The second kappa shape index (κ2) is 10.8. The molecule has 0 aliphatic carbocycles. The van der Waals surface area contributed by atoms with Gasteiger partial charge >= 0.3 is 11.8 Å². The van der Waals surface area contributed by atoms with Crippen LogP contribution in [0.2, 0.25) is 0 Å². The van der Waals surface area contributed by atoms with E-state index in [0.29, 0.717) is 22.8 Å². The molecule has 168 valence electrons. The molecule has 2 N–H and O–H groups in total. The summed E-state index contributed by atoms with van der Waals surface area (Å²) in [5, 5.41) is 9.10. The molecule has 1 heterocycles. The molecule has 0 atom stereocenters. The van der Waals surface area contributed by atoms with Crippen molar-refractivity contribution >= 4 is 11.8 Å². The summed E-state index contributed by atoms with van der Waals surface area (Å²) in [5.74, 6) is 0.914. The first kappa shape index (κ1) is 22.6. The van der Waals surface area contributed by atoms with Crippen molar-refractivity contribution in [2.24, 2.45) is 0 Å². The highest BCUT2D eigenvalue weighted by atomic mass is 16.5. The highest BCUT2D eigenvalue weighted by molar-refractivity contribution is 5.90. The van der Waals surface area contributed by atoms with Gasteiger partial charge in [0.2, 0.25) is 5.82 Å². The molecule has 0 radical (unpaired) electrons. The van der Waals surface area contributed by atoms with Gasteiger partial charge in [0.25, 0.3) is 5.91 Å². The fourth-order valence-electron chi connectivity index (χ4n) is 2.77. The molecule has 0 bridgehead atoms. The van der Waals surface area contributed by atoms with Gasteiger partial charge in [0.15, 0.2) is 18.1 Å². The Morgan fingerprint density at radius 3 is 2.47 bits per heavy atom. The first-order chi connectivity index (χ1) is 15.5. The number of ether oxygens (including phenoxy) is 3. The molecule has 32 heavy (non-hydrogen) atoms. The minimum Gasteiger partial charge on any atom is -0.493 e. The molecule has 0 unspecified atom stereocenters. The highest BCUT2D eigenvalue weighted by Gasteiger charge is 2.17. The molecule has 10 nitrogen and oxygen atoms in total. The average Bonchev–Trinajstić information content (AvgIpc) is 3.31. The van der Waals surface area contributed by atoms with Gasteiger partial charge in [0, 0.05) is 18.7 Å². The maximum atomic E-state index is 12.2. The van der Waals surface area contributed by atoms with E-state index in [1.54, 1.807) is 24.3 Å². The molecule has 0 aliphatic heterocycles. The fourth-order valence-corrected chi connectivity index (χ4v) is 2.77. The molecule has 2 aromatic carbocycles. The minimum absolute atomic E-state index is 0.114. The molecule has 3 aromatic rings. The van der Waals surface area contributed by atoms with Gasteiger partial charge in [-0.1, -0.05) is 23.4 Å². The lowest BCUT2D eigenvalue weighted by Crippen LogP contribution is -2.36. The van der Waals surface area contributed by atoms with Gasteiger partial charge in [-0.2, -0.15) is 4.98 Å². The monoisotopic (exact) mass is 440 g/mol. The number of nitrogens with one attached hydrogen (secondary N) is 2. The number of benzene rings is 2. The Bertz CT molecular complexity index is 1080.